The van der Waals surface area contributed by atoms with Crippen LogP contribution >= 0.6 is 11.6 Å². The van der Waals surface area contributed by atoms with Crippen molar-refractivity contribution in [2.75, 3.05) is 6.61 Å². The van der Waals surface area contributed by atoms with E-state index in [2.05, 4.69) is 0 Å². The number of nitrogens with two attached hydrogens (primary N) is 1. The van der Waals surface area contributed by atoms with Crippen LogP contribution in [0.3, 0.4) is 0 Å². The predicted octanol–water partition coefficient (Wildman–Crippen LogP) is 3.46. The number of para-hydroxylation sites is 1. The van der Waals surface area contributed by atoms with E-state index >= 15 is 0 Å². The van der Waals surface area contributed by atoms with Crippen LogP contribution in [0.4, 0.5) is 4.39 Å². The van der Waals surface area contributed by atoms with E-state index < -0.39 is 11.9 Å². The fraction of sp³-hybridized carbons (Fsp3) is 0.200. The minimum absolute atomic E-state index is 0.313. The summed E-state index contributed by atoms with van der Waals surface area (Å²) in [6.07, 6.45) is 0.862. The lowest BCUT2D eigenvalue weighted by Gasteiger charge is -2.17. The number of halogens is 2. The van der Waals surface area contributed by atoms with Crippen LogP contribution in [-0.4, -0.2) is 6.61 Å². The first-order valence-corrected chi connectivity index (χ1v) is 6.50. The highest BCUT2D eigenvalue weighted by Crippen LogP contribution is 2.37. The van der Waals surface area contributed by atoms with Crippen molar-refractivity contribution in [2.45, 2.75) is 12.5 Å². The monoisotopic (exact) mass is 277 g/mol. The molecule has 0 radical (unpaired) electrons. The van der Waals surface area contributed by atoms with Gasteiger partial charge in [-0.1, -0.05) is 35.9 Å². The molecule has 2 aromatic rings. The molecule has 1 atom stereocenters. The second-order valence-corrected chi connectivity index (χ2v) is 4.95. The fourth-order valence-corrected chi connectivity index (χ4v) is 2.73. The molecule has 2 N–H and O–H groups in total. The van der Waals surface area contributed by atoms with Gasteiger partial charge >= 0.3 is 0 Å². The van der Waals surface area contributed by atoms with Gasteiger partial charge in [-0.25, -0.2) is 4.39 Å². The van der Waals surface area contributed by atoms with Gasteiger partial charge in [-0.3, -0.25) is 0 Å². The molecule has 0 fully saturated rings. The summed E-state index contributed by atoms with van der Waals surface area (Å²) in [7, 11) is 0. The fourth-order valence-electron chi connectivity index (χ4n) is 2.45. The Morgan fingerprint density at radius 3 is 2.79 bits per heavy atom. The van der Waals surface area contributed by atoms with Crippen LogP contribution in [0.1, 0.15) is 22.7 Å². The average molecular weight is 278 g/mol. The Bertz CT molecular complexity index is 609. The molecule has 0 aromatic heterocycles. The molecular formula is C15H13ClFNO. The molecule has 0 spiro atoms. The van der Waals surface area contributed by atoms with Gasteiger partial charge in [-0.15, -0.1) is 0 Å². The smallest absolute Gasteiger partial charge is 0.129 e. The maximum absolute atomic E-state index is 13.9. The van der Waals surface area contributed by atoms with E-state index in [9.17, 15) is 4.39 Å². The maximum atomic E-state index is 13.9. The number of ether oxygens (including phenoxy) is 1. The molecule has 0 aliphatic carbocycles. The number of hydrogen-bond donors (Lipinski definition) is 1. The van der Waals surface area contributed by atoms with Crippen LogP contribution in [-0.2, 0) is 6.42 Å². The Labute approximate surface area is 115 Å². The molecule has 0 saturated heterocycles. The highest BCUT2D eigenvalue weighted by atomic mass is 35.5. The maximum Gasteiger partial charge on any atom is 0.129 e. The lowest BCUT2D eigenvalue weighted by molar-refractivity contribution is 0.352. The Morgan fingerprint density at radius 1 is 1.21 bits per heavy atom. The standard InChI is InChI=1S/C15H13ClFNO/c16-11-5-2-6-12(17)13(11)14(18)10-4-1-3-9-7-8-19-15(9)10/h1-6,14H,7-8,18H2. The summed E-state index contributed by atoms with van der Waals surface area (Å²) < 4.78 is 19.5. The van der Waals surface area contributed by atoms with E-state index in [1.165, 1.54) is 6.07 Å². The molecule has 2 aromatic carbocycles. The normalized spacial score (nSPS) is 14.9. The van der Waals surface area contributed by atoms with Crippen LogP contribution in [0.5, 0.6) is 5.75 Å². The summed E-state index contributed by atoms with van der Waals surface area (Å²) in [6.45, 7) is 0.643. The topological polar surface area (TPSA) is 35.2 Å². The highest BCUT2D eigenvalue weighted by Gasteiger charge is 2.24. The SMILES string of the molecule is NC(c1cccc2c1OCC2)c1c(F)cccc1Cl. The third-order valence-corrected chi connectivity index (χ3v) is 3.72. The zero-order valence-electron chi connectivity index (χ0n) is 10.2. The number of benzene rings is 2. The van der Waals surface area contributed by atoms with Gasteiger partial charge in [0.2, 0.25) is 0 Å². The largest absolute Gasteiger partial charge is 0.493 e. The minimum Gasteiger partial charge on any atom is -0.493 e. The summed E-state index contributed by atoms with van der Waals surface area (Å²) in [5, 5.41) is 0.336. The Kier molecular flexibility index (Phi) is 3.17. The molecule has 0 amide bonds. The molecule has 1 heterocycles. The van der Waals surface area contributed by atoms with Crippen molar-refractivity contribution in [3.8, 4) is 5.75 Å². The zero-order chi connectivity index (χ0) is 13.4. The third-order valence-electron chi connectivity index (χ3n) is 3.39. The highest BCUT2D eigenvalue weighted by molar-refractivity contribution is 6.31. The van der Waals surface area contributed by atoms with Crippen molar-refractivity contribution >= 4 is 11.6 Å². The summed E-state index contributed by atoms with van der Waals surface area (Å²) in [6, 6.07) is 9.73. The van der Waals surface area contributed by atoms with Crippen molar-refractivity contribution in [1.82, 2.24) is 0 Å². The van der Waals surface area contributed by atoms with Gasteiger partial charge < -0.3 is 10.5 Å². The number of hydrogen-bond acceptors (Lipinski definition) is 2. The molecule has 0 saturated carbocycles. The molecule has 0 bridgehead atoms. The molecule has 3 rings (SSSR count). The summed E-state index contributed by atoms with van der Waals surface area (Å²) in [5.41, 5.74) is 8.39. The van der Waals surface area contributed by atoms with E-state index in [1.807, 2.05) is 18.2 Å². The molecule has 98 valence electrons. The number of rotatable bonds is 2. The van der Waals surface area contributed by atoms with Crippen molar-refractivity contribution in [1.29, 1.82) is 0 Å². The van der Waals surface area contributed by atoms with Gasteiger partial charge in [-0.2, -0.15) is 0 Å². The first kappa shape index (κ1) is 12.5. The van der Waals surface area contributed by atoms with Crippen molar-refractivity contribution in [3.05, 3.63) is 63.9 Å². The molecule has 1 aliphatic rings. The molecule has 19 heavy (non-hydrogen) atoms. The van der Waals surface area contributed by atoms with Gasteiger partial charge in [0.25, 0.3) is 0 Å². The lowest BCUT2D eigenvalue weighted by atomic mass is 9.96. The summed E-state index contributed by atoms with van der Waals surface area (Å²) >= 11 is 6.06. The van der Waals surface area contributed by atoms with Gasteiger partial charge in [0.15, 0.2) is 0 Å². The first-order valence-electron chi connectivity index (χ1n) is 6.12. The van der Waals surface area contributed by atoms with Gasteiger partial charge in [0, 0.05) is 22.6 Å². The Morgan fingerprint density at radius 2 is 2.00 bits per heavy atom. The minimum atomic E-state index is -0.623. The first-order chi connectivity index (χ1) is 9.18. The van der Waals surface area contributed by atoms with Gasteiger partial charge in [-0.05, 0) is 17.7 Å². The summed E-state index contributed by atoms with van der Waals surface area (Å²) in [4.78, 5) is 0. The Hall–Kier alpha value is -1.58. The van der Waals surface area contributed by atoms with Crippen molar-refractivity contribution in [2.24, 2.45) is 5.73 Å². The number of fused-ring (bicyclic) bond motifs is 1. The van der Waals surface area contributed by atoms with Crippen LogP contribution in [0.25, 0.3) is 0 Å². The third kappa shape index (κ3) is 2.09. The van der Waals surface area contributed by atoms with E-state index in [0.717, 1.165) is 23.3 Å². The van der Waals surface area contributed by atoms with Crippen molar-refractivity contribution < 1.29 is 9.13 Å². The zero-order valence-corrected chi connectivity index (χ0v) is 11.0. The van der Waals surface area contributed by atoms with Crippen LogP contribution in [0, 0.1) is 5.82 Å². The molecule has 2 nitrogen and oxygen atoms in total. The van der Waals surface area contributed by atoms with E-state index in [1.54, 1.807) is 12.1 Å². The lowest BCUT2D eigenvalue weighted by Crippen LogP contribution is -2.15. The molecule has 1 unspecified atom stereocenters. The quantitative estimate of drug-likeness (QED) is 0.912. The Balaban J connectivity index is 2.10. The van der Waals surface area contributed by atoms with Gasteiger partial charge in [0.05, 0.1) is 12.6 Å². The van der Waals surface area contributed by atoms with E-state index in [0.29, 0.717) is 17.2 Å². The van der Waals surface area contributed by atoms with Crippen LogP contribution in [0.15, 0.2) is 36.4 Å². The predicted molar refractivity (Wildman–Crippen MR) is 73.1 cm³/mol. The molecule has 4 heteroatoms. The van der Waals surface area contributed by atoms with E-state index in [-0.39, 0.29) is 0 Å². The van der Waals surface area contributed by atoms with Gasteiger partial charge in [0.1, 0.15) is 11.6 Å². The van der Waals surface area contributed by atoms with Crippen molar-refractivity contribution in [3.63, 3.8) is 0 Å². The van der Waals surface area contributed by atoms with Crippen LogP contribution < -0.4 is 10.5 Å². The molecular weight excluding hydrogens is 265 g/mol. The molecule has 1 aliphatic heterocycles. The summed E-state index contributed by atoms with van der Waals surface area (Å²) in [5.74, 6) is 0.380. The average Bonchev–Trinajstić information content (AvgIpc) is 2.86. The van der Waals surface area contributed by atoms with E-state index in [4.69, 9.17) is 22.1 Å². The second kappa shape index (κ2) is 4.83. The van der Waals surface area contributed by atoms with Crippen LogP contribution in [0.2, 0.25) is 5.02 Å². The second-order valence-electron chi connectivity index (χ2n) is 4.55.